The SMILES string of the molecule is COC(=O)CCCCCCCCC(O)C(=O)OC. The Morgan fingerprint density at radius 1 is 0.944 bits per heavy atom. The van der Waals surface area contributed by atoms with Gasteiger partial charge in [-0.1, -0.05) is 32.1 Å². The highest BCUT2D eigenvalue weighted by Crippen LogP contribution is 2.10. The molecule has 0 heterocycles. The second-order valence-corrected chi connectivity index (χ2v) is 4.28. The van der Waals surface area contributed by atoms with E-state index in [4.69, 9.17) is 0 Å². The summed E-state index contributed by atoms with van der Waals surface area (Å²) in [7, 11) is 2.67. The van der Waals surface area contributed by atoms with Crippen molar-refractivity contribution < 1.29 is 24.2 Å². The van der Waals surface area contributed by atoms with E-state index in [-0.39, 0.29) is 5.97 Å². The third kappa shape index (κ3) is 8.98. The van der Waals surface area contributed by atoms with Crippen LogP contribution in [0.1, 0.15) is 51.4 Å². The van der Waals surface area contributed by atoms with Gasteiger partial charge in [-0.3, -0.25) is 4.79 Å². The van der Waals surface area contributed by atoms with Crippen LogP contribution in [0.25, 0.3) is 0 Å². The highest BCUT2D eigenvalue weighted by molar-refractivity contribution is 5.74. The van der Waals surface area contributed by atoms with Crippen LogP contribution in [0, 0.1) is 0 Å². The van der Waals surface area contributed by atoms with Gasteiger partial charge in [0, 0.05) is 6.42 Å². The number of aliphatic hydroxyl groups excluding tert-OH is 1. The number of hydrogen-bond acceptors (Lipinski definition) is 5. The van der Waals surface area contributed by atoms with Crippen molar-refractivity contribution in [3.05, 3.63) is 0 Å². The van der Waals surface area contributed by atoms with Gasteiger partial charge < -0.3 is 14.6 Å². The van der Waals surface area contributed by atoms with Gasteiger partial charge in [0.25, 0.3) is 0 Å². The summed E-state index contributed by atoms with van der Waals surface area (Å²) < 4.78 is 8.97. The van der Waals surface area contributed by atoms with Crippen LogP contribution >= 0.6 is 0 Å². The van der Waals surface area contributed by atoms with Crippen LogP contribution in [0.2, 0.25) is 0 Å². The Morgan fingerprint density at radius 2 is 1.50 bits per heavy atom. The van der Waals surface area contributed by atoms with Crippen molar-refractivity contribution in [1.29, 1.82) is 0 Å². The van der Waals surface area contributed by atoms with Gasteiger partial charge >= 0.3 is 11.9 Å². The summed E-state index contributed by atoms with van der Waals surface area (Å²) in [5.74, 6) is -0.718. The van der Waals surface area contributed by atoms with Crippen molar-refractivity contribution >= 4 is 11.9 Å². The predicted molar refractivity (Wildman–Crippen MR) is 67.0 cm³/mol. The second-order valence-electron chi connectivity index (χ2n) is 4.28. The molecule has 18 heavy (non-hydrogen) atoms. The molecule has 1 unspecified atom stereocenters. The van der Waals surface area contributed by atoms with Crippen molar-refractivity contribution in [2.45, 2.75) is 57.5 Å². The number of aliphatic hydroxyl groups is 1. The third-order valence-electron chi connectivity index (χ3n) is 2.81. The number of ether oxygens (including phenoxy) is 2. The predicted octanol–water partition coefficient (Wildman–Crippen LogP) is 1.81. The Balaban J connectivity index is 3.26. The Hall–Kier alpha value is -1.10. The van der Waals surface area contributed by atoms with Gasteiger partial charge in [0.05, 0.1) is 14.2 Å². The maximum Gasteiger partial charge on any atom is 0.334 e. The van der Waals surface area contributed by atoms with Crippen molar-refractivity contribution in [2.75, 3.05) is 14.2 Å². The molecule has 1 atom stereocenters. The molecule has 0 bridgehead atoms. The van der Waals surface area contributed by atoms with E-state index < -0.39 is 12.1 Å². The molecule has 0 saturated carbocycles. The molecule has 0 fully saturated rings. The molecule has 0 aliphatic rings. The molecule has 0 rings (SSSR count). The van der Waals surface area contributed by atoms with Gasteiger partial charge in [0.2, 0.25) is 0 Å². The smallest absolute Gasteiger partial charge is 0.334 e. The van der Waals surface area contributed by atoms with E-state index in [1.807, 2.05) is 0 Å². The lowest BCUT2D eigenvalue weighted by Crippen LogP contribution is -2.21. The summed E-state index contributed by atoms with van der Waals surface area (Å²) in [5, 5.41) is 9.32. The Bertz CT molecular complexity index is 240. The summed E-state index contributed by atoms with van der Waals surface area (Å²) >= 11 is 0. The summed E-state index contributed by atoms with van der Waals surface area (Å²) in [6.45, 7) is 0. The van der Waals surface area contributed by atoms with E-state index in [1.54, 1.807) is 0 Å². The lowest BCUT2D eigenvalue weighted by Gasteiger charge is -2.07. The molecule has 5 nitrogen and oxygen atoms in total. The summed E-state index contributed by atoms with van der Waals surface area (Å²) in [6, 6.07) is 0. The molecule has 1 N–H and O–H groups in total. The van der Waals surface area contributed by atoms with Crippen LogP contribution < -0.4 is 0 Å². The van der Waals surface area contributed by atoms with E-state index >= 15 is 0 Å². The molecule has 0 amide bonds. The molecular weight excluding hydrogens is 236 g/mol. The van der Waals surface area contributed by atoms with Gasteiger partial charge in [0.15, 0.2) is 6.10 Å². The number of esters is 2. The number of carbonyl (C=O) groups excluding carboxylic acids is 2. The third-order valence-corrected chi connectivity index (χ3v) is 2.81. The van der Waals surface area contributed by atoms with Gasteiger partial charge in [-0.25, -0.2) is 4.79 Å². The van der Waals surface area contributed by atoms with Gasteiger partial charge in [0.1, 0.15) is 0 Å². The molecule has 5 heteroatoms. The van der Waals surface area contributed by atoms with E-state index in [0.717, 1.165) is 38.5 Å². The highest BCUT2D eigenvalue weighted by atomic mass is 16.5. The highest BCUT2D eigenvalue weighted by Gasteiger charge is 2.13. The number of carbonyl (C=O) groups is 2. The zero-order valence-corrected chi connectivity index (χ0v) is 11.3. The first kappa shape index (κ1) is 16.9. The Morgan fingerprint density at radius 3 is 2.06 bits per heavy atom. The largest absolute Gasteiger partial charge is 0.469 e. The lowest BCUT2D eigenvalue weighted by molar-refractivity contribution is -0.150. The second kappa shape index (κ2) is 11.0. The molecule has 106 valence electrons. The maximum atomic E-state index is 10.9. The fourth-order valence-electron chi connectivity index (χ4n) is 1.67. The zero-order chi connectivity index (χ0) is 13.8. The summed E-state index contributed by atoms with van der Waals surface area (Å²) in [4.78, 5) is 21.7. The fraction of sp³-hybridized carbons (Fsp3) is 0.846. The van der Waals surface area contributed by atoms with Crippen LogP contribution in [0.4, 0.5) is 0 Å². The van der Waals surface area contributed by atoms with E-state index in [1.165, 1.54) is 14.2 Å². The van der Waals surface area contributed by atoms with Crippen LogP contribution in [0.5, 0.6) is 0 Å². The first-order valence-corrected chi connectivity index (χ1v) is 6.44. The van der Waals surface area contributed by atoms with Crippen LogP contribution in [-0.2, 0) is 19.1 Å². The minimum Gasteiger partial charge on any atom is -0.469 e. The average Bonchev–Trinajstić information content (AvgIpc) is 2.39. The van der Waals surface area contributed by atoms with Crippen LogP contribution in [0.15, 0.2) is 0 Å². The van der Waals surface area contributed by atoms with Crippen LogP contribution in [0.3, 0.4) is 0 Å². The Kier molecular flexibility index (Phi) is 10.3. The van der Waals surface area contributed by atoms with Crippen LogP contribution in [-0.4, -0.2) is 37.4 Å². The quantitative estimate of drug-likeness (QED) is 0.479. The molecular formula is C13H24O5. The molecule has 0 spiro atoms. The van der Waals surface area contributed by atoms with Crippen molar-refractivity contribution in [2.24, 2.45) is 0 Å². The molecule has 0 aromatic rings. The van der Waals surface area contributed by atoms with Crippen molar-refractivity contribution in [3.63, 3.8) is 0 Å². The van der Waals surface area contributed by atoms with E-state index in [2.05, 4.69) is 9.47 Å². The molecule has 0 aliphatic carbocycles. The number of rotatable bonds is 10. The number of hydrogen-bond donors (Lipinski definition) is 1. The zero-order valence-electron chi connectivity index (χ0n) is 11.3. The minimum absolute atomic E-state index is 0.156. The molecule has 0 aliphatic heterocycles. The standard InChI is InChI=1S/C13H24O5/c1-17-12(15)10-8-6-4-3-5-7-9-11(14)13(16)18-2/h11,14H,3-10H2,1-2H3. The molecule has 0 saturated heterocycles. The topological polar surface area (TPSA) is 72.8 Å². The normalized spacial score (nSPS) is 11.9. The van der Waals surface area contributed by atoms with Crippen molar-refractivity contribution in [3.8, 4) is 0 Å². The lowest BCUT2D eigenvalue weighted by atomic mass is 10.1. The summed E-state index contributed by atoms with van der Waals surface area (Å²) in [6.07, 6.45) is 5.72. The number of methoxy groups -OCH3 is 2. The summed E-state index contributed by atoms with van der Waals surface area (Å²) in [5.41, 5.74) is 0. The van der Waals surface area contributed by atoms with E-state index in [9.17, 15) is 14.7 Å². The van der Waals surface area contributed by atoms with Gasteiger partial charge in [-0.2, -0.15) is 0 Å². The van der Waals surface area contributed by atoms with Crippen molar-refractivity contribution in [1.82, 2.24) is 0 Å². The van der Waals surface area contributed by atoms with Gasteiger partial charge in [-0.05, 0) is 12.8 Å². The Labute approximate surface area is 108 Å². The van der Waals surface area contributed by atoms with Gasteiger partial charge in [-0.15, -0.1) is 0 Å². The molecule has 0 aromatic heterocycles. The molecule has 0 radical (unpaired) electrons. The number of unbranched alkanes of at least 4 members (excludes halogenated alkanes) is 5. The first-order valence-electron chi connectivity index (χ1n) is 6.44. The fourth-order valence-corrected chi connectivity index (χ4v) is 1.67. The first-order chi connectivity index (χ1) is 8.61. The maximum absolute atomic E-state index is 10.9. The minimum atomic E-state index is -0.991. The average molecular weight is 260 g/mol. The molecule has 0 aromatic carbocycles. The monoisotopic (exact) mass is 260 g/mol. The van der Waals surface area contributed by atoms with E-state index in [0.29, 0.717) is 12.8 Å².